The lowest BCUT2D eigenvalue weighted by atomic mass is 10.1. The number of rotatable bonds is 3. The summed E-state index contributed by atoms with van der Waals surface area (Å²) in [4.78, 5) is 11.6. The topological polar surface area (TPSA) is 42.2 Å². The number of benzene rings is 2. The first-order valence-electron chi connectivity index (χ1n) is 6.63. The van der Waals surface area contributed by atoms with Gasteiger partial charge in [0.1, 0.15) is 11.5 Å². The van der Waals surface area contributed by atoms with Crippen LogP contribution in [-0.4, -0.2) is 15.6 Å². The lowest BCUT2D eigenvalue weighted by Gasteiger charge is -2.09. The minimum Gasteiger partial charge on any atom is -0.477 e. The molecule has 0 saturated carbocycles. The minimum absolute atomic E-state index is 0.278. The molecular formula is C17H14FNO2. The second kappa shape index (κ2) is 5.05. The van der Waals surface area contributed by atoms with Crippen LogP contribution in [0.3, 0.4) is 0 Å². The molecule has 3 aromatic rings. The molecule has 0 aliphatic rings. The summed E-state index contributed by atoms with van der Waals surface area (Å²) in [6, 6.07) is 13.7. The van der Waals surface area contributed by atoms with Gasteiger partial charge in [-0.05, 0) is 36.2 Å². The first-order valence-corrected chi connectivity index (χ1v) is 6.63. The van der Waals surface area contributed by atoms with E-state index in [0.717, 1.165) is 22.0 Å². The number of hydrogen-bond donors (Lipinski definition) is 1. The molecule has 0 amide bonds. The second-order valence-corrected chi connectivity index (χ2v) is 5.01. The number of para-hydroxylation sites is 1. The third kappa shape index (κ3) is 2.29. The van der Waals surface area contributed by atoms with Crippen LogP contribution in [0.25, 0.3) is 10.9 Å². The number of carbonyl (C=O) groups is 1. The first-order chi connectivity index (χ1) is 10.1. The van der Waals surface area contributed by atoms with Crippen molar-refractivity contribution in [3.63, 3.8) is 0 Å². The van der Waals surface area contributed by atoms with E-state index in [0.29, 0.717) is 6.54 Å². The SMILES string of the molecule is Cc1c(C(=O)O)n(Cc2ccc(F)cc2)c2ccccc12. The van der Waals surface area contributed by atoms with Gasteiger partial charge >= 0.3 is 5.97 Å². The molecule has 1 heterocycles. The van der Waals surface area contributed by atoms with Crippen LogP contribution in [0.2, 0.25) is 0 Å². The highest BCUT2D eigenvalue weighted by atomic mass is 19.1. The molecule has 4 heteroatoms. The number of hydrogen-bond acceptors (Lipinski definition) is 1. The van der Waals surface area contributed by atoms with Crippen LogP contribution in [0.15, 0.2) is 48.5 Å². The predicted octanol–water partition coefficient (Wildman–Crippen LogP) is 3.84. The standard InChI is InChI=1S/C17H14FNO2/c1-11-14-4-2-3-5-15(14)19(16(11)17(20)21)10-12-6-8-13(18)9-7-12/h2-9H,10H2,1H3,(H,20,21). The molecule has 2 aromatic carbocycles. The van der Waals surface area contributed by atoms with Crippen molar-refractivity contribution >= 4 is 16.9 Å². The lowest BCUT2D eigenvalue weighted by molar-refractivity contribution is 0.0685. The van der Waals surface area contributed by atoms with Crippen molar-refractivity contribution in [1.29, 1.82) is 0 Å². The number of aromatic nitrogens is 1. The molecule has 0 aliphatic heterocycles. The highest BCUT2D eigenvalue weighted by Gasteiger charge is 2.19. The van der Waals surface area contributed by atoms with Crippen LogP contribution in [0, 0.1) is 12.7 Å². The van der Waals surface area contributed by atoms with E-state index in [1.807, 2.05) is 31.2 Å². The first kappa shape index (κ1) is 13.4. The van der Waals surface area contributed by atoms with Crippen molar-refractivity contribution in [2.24, 2.45) is 0 Å². The highest BCUT2D eigenvalue weighted by Crippen LogP contribution is 2.26. The number of nitrogens with zero attached hydrogens (tertiary/aromatic N) is 1. The molecule has 3 rings (SSSR count). The highest BCUT2D eigenvalue weighted by molar-refractivity contribution is 5.98. The van der Waals surface area contributed by atoms with E-state index >= 15 is 0 Å². The molecule has 0 spiro atoms. The quantitative estimate of drug-likeness (QED) is 0.793. The van der Waals surface area contributed by atoms with Crippen LogP contribution in [0.4, 0.5) is 4.39 Å². The van der Waals surface area contributed by atoms with Gasteiger partial charge in [0, 0.05) is 17.4 Å². The Labute approximate surface area is 121 Å². The zero-order valence-electron chi connectivity index (χ0n) is 11.5. The van der Waals surface area contributed by atoms with Crippen molar-refractivity contribution < 1.29 is 14.3 Å². The summed E-state index contributed by atoms with van der Waals surface area (Å²) in [7, 11) is 0. The molecular weight excluding hydrogens is 269 g/mol. The molecule has 21 heavy (non-hydrogen) atoms. The fourth-order valence-corrected chi connectivity index (χ4v) is 2.69. The molecule has 3 nitrogen and oxygen atoms in total. The number of fused-ring (bicyclic) bond motifs is 1. The molecule has 0 atom stereocenters. The summed E-state index contributed by atoms with van der Waals surface area (Å²) in [6.45, 7) is 2.21. The molecule has 0 radical (unpaired) electrons. The van der Waals surface area contributed by atoms with Gasteiger partial charge in [-0.3, -0.25) is 0 Å². The normalized spacial score (nSPS) is 11.0. The summed E-state index contributed by atoms with van der Waals surface area (Å²) >= 11 is 0. The van der Waals surface area contributed by atoms with E-state index in [9.17, 15) is 14.3 Å². The fraction of sp³-hybridized carbons (Fsp3) is 0.118. The molecule has 106 valence electrons. The average Bonchev–Trinajstić information content (AvgIpc) is 2.75. The maximum atomic E-state index is 13.0. The number of carboxylic acid groups (broad SMARTS) is 1. The molecule has 0 saturated heterocycles. The minimum atomic E-state index is -0.953. The van der Waals surface area contributed by atoms with Gasteiger partial charge in [-0.25, -0.2) is 9.18 Å². The van der Waals surface area contributed by atoms with Gasteiger partial charge in [0.25, 0.3) is 0 Å². The second-order valence-electron chi connectivity index (χ2n) is 5.01. The molecule has 0 unspecified atom stereocenters. The molecule has 0 fully saturated rings. The van der Waals surface area contributed by atoms with Crippen LogP contribution in [-0.2, 0) is 6.54 Å². The lowest BCUT2D eigenvalue weighted by Crippen LogP contribution is -2.10. The number of carboxylic acids is 1. The van der Waals surface area contributed by atoms with E-state index in [2.05, 4.69) is 0 Å². The molecule has 0 bridgehead atoms. The van der Waals surface area contributed by atoms with Gasteiger partial charge in [0.2, 0.25) is 0 Å². The maximum Gasteiger partial charge on any atom is 0.352 e. The van der Waals surface area contributed by atoms with E-state index in [1.165, 1.54) is 12.1 Å². The zero-order valence-corrected chi connectivity index (χ0v) is 11.5. The van der Waals surface area contributed by atoms with Crippen molar-refractivity contribution in [1.82, 2.24) is 4.57 Å². The van der Waals surface area contributed by atoms with Crippen molar-refractivity contribution in [2.75, 3.05) is 0 Å². The Morgan fingerprint density at radius 3 is 2.48 bits per heavy atom. The van der Waals surface area contributed by atoms with Crippen LogP contribution in [0.5, 0.6) is 0 Å². The monoisotopic (exact) mass is 283 g/mol. The summed E-state index contributed by atoms with van der Waals surface area (Å²) in [5.74, 6) is -1.25. The maximum absolute atomic E-state index is 13.0. The Balaban J connectivity index is 2.18. The molecule has 1 N–H and O–H groups in total. The van der Waals surface area contributed by atoms with Gasteiger partial charge < -0.3 is 9.67 Å². The Morgan fingerprint density at radius 2 is 1.81 bits per heavy atom. The zero-order chi connectivity index (χ0) is 15.0. The van der Waals surface area contributed by atoms with Crippen molar-refractivity contribution in [3.05, 3.63) is 71.2 Å². The van der Waals surface area contributed by atoms with Crippen LogP contribution in [0.1, 0.15) is 21.6 Å². The summed E-state index contributed by atoms with van der Waals surface area (Å²) in [6.07, 6.45) is 0. The molecule has 1 aromatic heterocycles. The Kier molecular flexibility index (Phi) is 3.22. The van der Waals surface area contributed by atoms with Gasteiger partial charge in [0.05, 0.1) is 0 Å². The number of aryl methyl sites for hydroxylation is 1. The number of aromatic carboxylic acids is 1. The fourth-order valence-electron chi connectivity index (χ4n) is 2.69. The summed E-state index contributed by atoms with van der Waals surface area (Å²) in [5, 5.41) is 10.4. The Morgan fingerprint density at radius 1 is 1.14 bits per heavy atom. The van der Waals surface area contributed by atoms with E-state index in [-0.39, 0.29) is 11.5 Å². The van der Waals surface area contributed by atoms with Crippen molar-refractivity contribution in [2.45, 2.75) is 13.5 Å². The Hall–Kier alpha value is -2.62. The Bertz CT molecular complexity index is 819. The van der Waals surface area contributed by atoms with Gasteiger partial charge in [-0.15, -0.1) is 0 Å². The predicted molar refractivity (Wildman–Crippen MR) is 79.1 cm³/mol. The van der Waals surface area contributed by atoms with Crippen LogP contribution < -0.4 is 0 Å². The van der Waals surface area contributed by atoms with E-state index < -0.39 is 5.97 Å². The smallest absolute Gasteiger partial charge is 0.352 e. The van der Waals surface area contributed by atoms with Crippen LogP contribution >= 0.6 is 0 Å². The van der Waals surface area contributed by atoms with Gasteiger partial charge in [0.15, 0.2) is 0 Å². The average molecular weight is 283 g/mol. The van der Waals surface area contributed by atoms with E-state index in [1.54, 1.807) is 16.7 Å². The third-order valence-corrected chi connectivity index (χ3v) is 3.68. The number of halogens is 1. The van der Waals surface area contributed by atoms with Gasteiger partial charge in [-0.2, -0.15) is 0 Å². The van der Waals surface area contributed by atoms with Crippen molar-refractivity contribution in [3.8, 4) is 0 Å². The van der Waals surface area contributed by atoms with E-state index in [4.69, 9.17) is 0 Å². The van der Waals surface area contributed by atoms with Gasteiger partial charge in [-0.1, -0.05) is 30.3 Å². The summed E-state index contributed by atoms with van der Waals surface area (Å²) in [5.41, 5.74) is 2.76. The summed E-state index contributed by atoms with van der Waals surface area (Å²) < 4.78 is 14.8. The largest absolute Gasteiger partial charge is 0.477 e. The molecule has 0 aliphatic carbocycles. The third-order valence-electron chi connectivity index (χ3n) is 3.68.